The summed E-state index contributed by atoms with van der Waals surface area (Å²) in [5.74, 6) is 0.614. The van der Waals surface area contributed by atoms with Crippen molar-refractivity contribution in [2.45, 2.75) is 38.7 Å². The van der Waals surface area contributed by atoms with Crippen molar-refractivity contribution in [3.8, 4) is 0 Å². The summed E-state index contributed by atoms with van der Waals surface area (Å²) in [5, 5.41) is 9.24. The van der Waals surface area contributed by atoms with Crippen molar-refractivity contribution >= 4 is 5.91 Å². The Bertz CT molecular complexity index is 371. The Kier molecular flexibility index (Phi) is 4.08. The molecule has 17 heavy (non-hydrogen) atoms. The van der Waals surface area contributed by atoms with Crippen molar-refractivity contribution in [3.63, 3.8) is 0 Å². The molecule has 0 saturated carbocycles. The molecule has 2 heterocycles. The van der Waals surface area contributed by atoms with Gasteiger partial charge in [0.2, 0.25) is 5.82 Å². The molecule has 1 atom stereocenters. The monoisotopic (exact) mass is 238 g/mol. The Morgan fingerprint density at radius 2 is 2.47 bits per heavy atom. The van der Waals surface area contributed by atoms with Gasteiger partial charge in [-0.25, -0.2) is 4.98 Å². The minimum Gasteiger partial charge on any atom is -0.378 e. The Morgan fingerprint density at radius 3 is 3.12 bits per heavy atom. The van der Waals surface area contributed by atoms with Crippen LogP contribution in [0.1, 0.15) is 42.1 Å². The molecule has 0 spiro atoms. The second-order valence-corrected chi connectivity index (χ2v) is 4.28. The summed E-state index contributed by atoms with van der Waals surface area (Å²) in [7, 11) is 0. The molecule has 6 nitrogen and oxygen atoms in total. The van der Waals surface area contributed by atoms with Crippen molar-refractivity contribution in [3.05, 3.63) is 11.6 Å². The third-order valence-electron chi connectivity index (χ3n) is 2.83. The number of aryl methyl sites for hydroxylation is 1. The Balaban J connectivity index is 1.69. The molecule has 1 aromatic rings. The van der Waals surface area contributed by atoms with Gasteiger partial charge >= 0.3 is 0 Å². The van der Waals surface area contributed by atoms with Crippen LogP contribution in [0.25, 0.3) is 0 Å². The Morgan fingerprint density at radius 1 is 1.59 bits per heavy atom. The zero-order valence-electron chi connectivity index (χ0n) is 10.0. The number of hydrogen-bond donors (Lipinski definition) is 2. The quantitative estimate of drug-likeness (QED) is 0.813. The first kappa shape index (κ1) is 12.0. The van der Waals surface area contributed by atoms with Gasteiger partial charge in [0.1, 0.15) is 5.82 Å². The number of amides is 1. The fourth-order valence-electron chi connectivity index (χ4n) is 1.91. The lowest BCUT2D eigenvalue weighted by atomic mass is 10.1. The van der Waals surface area contributed by atoms with Gasteiger partial charge < -0.3 is 10.1 Å². The molecule has 1 aromatic heterocycles. The molecule has 1 amide bonds. The third-order valence-corrected chi connectivity index (χ3v) is 2.83. The average Bonchev–Trinajstić information content (AvgIpc) is 2.77. The molecule has 0 aromatic carbocycles. The molecule has 94 valence electrons. The minimum atomic E-state index is -0.231. The lowest BCUT2D eigenvalue weighted by Gasteiger charge is -2.22. The van der Waals surface area contributed by atoms with Crippen molar-refractivity contribution in [1.82, 2.24) is 20.5 Å². The van der Waals surface area contributed by atoms with Gasteiger partial charge in [0.15, 0.2) is 0 Å². The number of aromatic nitrogens is 3. The van der Waals surface area contributed by atoms with E-state index >= 15 is 0 Å². The first-order valence-electron chi connectivity index (χ1n) is 6.04. The largest absolute Gasteiger partial charge is 0.378 e. The smallest absolute Gasteiger partial charge is 0.290 e. The van der Waals surface area contributed by atoms with E-state index in [0.29, 0.717) is 12.4 Å². The third kappa shape index (κ3) is 3.52. The van der Waals surface area contributed by atoms with Crippen LogP contribution in [-0.4, -0.2) is 40.3 Å². The van der Waals surface area contributed by atoms with Gasteiger partial charge in [-0.3, -0.25) is 9.89 Å². The molecule has 0 bridgehead atoms. The van der Waals surface area contributed by atoms with Crippen LogP contribution >= 0.6 is 0 Å². The molecule has 0 radical (unpaired) electrons. The summed E-state index contributed by atoms with van der Waals surface area (Å²) >= 11 is 0. The van der Waals surface area contributed by atoms with Gasteiger partial charge in [-0.05, 0) is 32.6 Å². The van der Waals surface area contributed by atoms with E-state index in [1.54, 1.807) is 6.92 Å². The highest BCUT2D eigenvalue weighted by molar-refractivity contribution is 5.90. The van der Waals surface area contributed by atoms with Crippen LogP contribution in [0, 0.1) is 6.92 Å². The molecule has 0 aliphatic carbocycles. The van der Waals surface area contributed by atoms with Crippen molar-refractivity contribution in [2.75, 3.05) is 13.2 Å². The highest BCUT2D eigenvalue weighted by atomic mass is 16.5. The molecule has 1 fully saturated rings. The number of aromatic amines is 1. The van der Waals surface area contributed by atoms with Gasteiger partial charge in [-0.2, -0.15) is 0 Å². The normalized spacial score (nSPS) is 20.2. The summed E-state index contributed by atoms with van der Waals surface area (Å²) in [6.45, 7) is 3.22. The van der Waals surface area contributed by atoms with Gasteiger partial charge in [-0.15, -0.1) is 5.10 Å². The second-order valence-electron chi connectivity index (χ2n) is 4.28. The molecule has 1 saturated heterocycles. The molecule has 2 N–H and O–H groups in total. The van der Waals surface area contributed by atoms with E-state index in [-0.39, 0.29) is 17.8 Å². The maximum Gasteiger partial charge on any atom is 0.290 e. The van der Waals surface area contributed by atoms with E-state index < -0.39 is 0 Å². The molecule has 6 heteroatoms. The number of nitrogens with zero attached hydrogens (tertiary/aromatic N) is 2. The Labute approximate surface area is 100 Å². The summed E-state index contributed by atoms with van der Waals surface area (Å²) in [5.41, 5.74) is 0. The highest BCUT2D eigenvalue weighted by Crippen LogP contribution is 2.14. The van der Waals surface area contributed by atoms with Crippen LogP contribution in [0.15, 0.2) is 0 Å². The van der Waals surface area contributed by atoms with Crippen molar-refractivity contribution < 1.29 is 9.53 Å². The predicted molar refractivity (Wildman–Crippen MR) is 61.7 cm³/mol. The van der Waals surface area contributed by atoms with Crippen LogP contribution in [0.4, 0.5) is 0 Å². The zero-order valence-corrected chi connectivity index (χ0v) is 10.0. The molecular weight excluding hydrogens is 220 g/mol. The first-order valence-corrected chi connectivity index (χ1v) is 6.04. The number of carbonyl (C=O) groups is 1. The topological polar surface area (TPSA) is 79.9 Å². The van der Waals surface area contributed by atoms with Crippen LogP contribution < -0.4 is 5.32 Å². The van der Waals surface area contributed by atoms with Gasteiger partial charge in [0.25, 0.3) is 5.91 Å². The van der Waals surface area contributed by atoms with E-state index in [9.17, 15) is 4.79 Å². The fourth-order valence-corrected chi connectivity index (χ4v) is 1.91. The van der Waals surface area contributed by atoms with E-state index in [1.807, 2.05) is 0 Å². The summed E-state index contributed by atoms with van der Waals surface area (Å²) in [4.78, 5) is 15.6. The number of carbonyl (C=O) groups excluding carboxylic acids is 1. The summed E-state index contributed by atoms with van der Waals surface area (Å²) in [6.07, 6.45) is 4.61. The molecule has 1 aliphatic rings. The number of hydrogen-bond acceptors (Lipinski definition) is 4. The minimum absolute atomic E-state index is 0.201. The number of ether oxygens (including phenoxy) is 1. The predicted octanol–water partition coefficient (Wildman–Crippen LogP) is 0.802. The fraction of sp³-hybridized carbons (Fsp3) is 0.727. The maximum absolute atomic E-state index is 11.6. The average molecular weight is 238 g/mol. The van der Waals surface area contributed by atoms with E-state index in [0.717, 1.165) is 25.9 Å². The lowest BCUT2D eigenvalue weighted by Crippen LogP contribution is -2.30. The molecule has 1 aliphatic heterocycles. The summed E-state index contributed by atoms with van der Waals surface area (Å²) < 4.78 is 5.58. The SMILES string of the molecule is Cc1nc(C(=O)NCCC2CCCCO2)n[nH]1. The summed E-state index contributed by atoms with van der Waals surface area (Å²) in [6, 6.07) is 0. The molecular formula is C11H18N4O2. The van der Waals surface area contributed by atoms with Crippen LogP contribution in [0.2, 0.25) is 0 Å². The standard InChI is InChI=1S/C11H18N4O2/c1-8-13-10(15-14-8)11(16)12-6-5-9-4-2-3-7-17-9/h9H,2-7H2,1H3,(H,12,16)(H,13,14,15). The van der Waals surface area contributed by atoms with E-state index in [1.165, 1.54) is 6.42 Å². The number of nitrogens with one attached hydrogen (secondary N) is 2. The lowest BCUT2D eigenvalue weighted by molar-refractivity contribution is 0.0117. The highest BCUT2D eigenvalue weighted by Gasteiger charge is 2.15. The van der Waals surface area contributed by atoms with Crippen molar-refractivity contribution in [2.24, 2.45) is 0 Å². The van der Waals surface area contributed by atoms with Crippen LogP contribution in [-0.2, 0) is 4.74 Å². The maximum atomic E-state index is 11.6. The zero-order chi connectivity index (χ0) is 12.1. The number of H-pyrrole nitrogens is 1. The van der Waals surface area contributed by atoms with E-state index in [2.05, 4.69) is 20.5 Å². The van der Waals surface area contributed by atoms with Gasteiger partial charge in [0.05, 0.1) is 6.10 Å². The van der Waals surface area contributed by atoms with Crippen LogP contribution in [0.3, 0.4) is 0 Å². The van der Waals surface area contributed by atoms with Gasteiger partial charge in [-0.1, -0.05) is 0 Å². The number of rotatable bonds is 4. The molecule has 2 rings (SSSR count). The first-order chi connectivity index (χ1) is 8.25. The van der Waals surface area contributed by atoms with Crippen molar-refractivity contribution in [1.29, 1.82) is 0 Å². The second kappa shape index (κ2) is 5.77. The van der Waals surface area contributed by atoms with E-state index in [4.69, 9.17) is 4.74 Å². The van der Waals surface area contributed by atoms with Crippen LogP contribution in [0.5, 0.6) is 0 Å². The Hall–Kier alpha value is -1.43. The molecule has 1 unspecified atom stereocenters. The van der Waals surface area contributed by atoms with Gasteiger partial charge in [0, 0.05) is 13.2 Å².